The fourth-order valence-corrected chi connectivity index (χ4v) is 4.06. The lowest BCUT2D eigenvalue weighted by Crippen LogP contribution is -2.41. The van der Waals surface area contributed by atoms with Crippen molar-refractivity contribution in [1.82, 2.24) is 4.31 Å². The normalized spacial score (nSPS) is 15.3. The highest BCUT2D eigenvalue weighted by molar-refractivity contribution is 7.89. The quantitative estimate of drug-likeness (QED) is 0.570. The van der Waals surface area contributed by atoms with Crippen molar-refractivity contribution in [2.45, 2.75) is 4.90 Å². The second-order valence-electron chi connectivity index (χ2n) is 5.73. The zero-order valence-electron chi connectivity index (χ0n) is 14.6. The zero-order valence-corrected chi connectivity index (χ0v) is 15.4. The molecule has 3 rings (SSSR count). The summed E-state index contributed by atoms with van der Waals surface area (Å²) in [7, 11) is -2.57. The molecule has 2 aromatic rings. The summed E-state index contributed by atoms with van der Waals surface area (Å²) in [5, 5.41) is 0. The van der Waals surface area contributed by atoms with E-state index in [1.165, 1.54) is 25.3 Å². The van der Waals surface area contributed by atoms with Crippen molar-refractivity contribution in [2.24, 2.45) is 0 Å². The number of hydrogen-bond donors (Lipinski definition) is 0. The largest absolute Gasteiger partial charge is 0.497 e. The number of nitrogens with zero attached hydrogens (tertiary/aromatic N) is 1. The van der Waals surface area contributed by atoms with Crippen LogP contribution in [0.1, 0.15) is 10.4 Å². The maximum atomic E-state index is 14.2. The number of esters is 1. The van der Waals surface area contributed by atoms with E-state index in [0.717, 1.165) is 16.4 Å². The van der Waals surface area contributed by atoms with Crippen molar-refractivity contribution in [3.8, 4) is 11.5 Å². The van der Waals surface area contributed by atoms with Gasteiger partial charge in [0.1, 0.15) is 22.2 Å². The van der Waals surface area contributed by atoms with E-state index in [1.54, 1.807) is 12.1 Å². The Kier molecular flexibility index (Phi) is 5.73. The second-order valence-corrected chi connectivity index (χ2v) is 7.63. The molecule has 0 radical (unpaired) electrons. The van der Waals surface area contributed by atoms with E-state index in [1.807, 2.05) is 0 Å². The van der Waals surface area contributed by atoms with E-state index >= 15 is 0 Å². The fourth-order valence-electron chi connectivity index (χ4n) is 2.56. The molecule has 0 N–H and O–H groups in total. The molecule has 0 unspecified atom stereocenters. The molecule has 1 heterocycles. The fraction of sp³-hybridized carbons (Fsp3) is 0.278. The van der Waals surface area contributed by atoms with E-state index < -0.39 is 26.7 Å². The maximum absolute atomic E-state index is 14.2. The Morgan fingerprint density at radius 1 is 1.07 bits per heavy atom. The van der Waals surface area contributed by atoms with Crippen LogP contribution in [0, 0.1) is 5.82 Å². The third-order valence-electron chi connectivity index (χ3n) is 4.02. The Balaban J connectivity index is 1.84. The lowest BCUT2D eigenvalue weighted by atomic mass is 10.2. The lowest BCUT2D eigenvalue weighted by molar-refractivity contribution is 0.0726. The second kappa shape index (κ2) is 8.03. The smallest absolute Gasteiger partial charge is 0.343 e. The highest BCUT2D eigenvalue weighted by Crippen LogP contribution is 2.23. The van der Waals surface area contributed by atoms with Gasteiger partial charge in [-0.05, 0) is 42.5 Å². The molecule has 1 saturated heterocycles. The van der Waals surface area contributed by atoms with Crippen LogP contribution in [0.15, 0.2) is 47.4 Å². The minimum absolute atomic E-state index is 0.0703. The number of carbonyl (C=O) groups excluding carboxylic acids is 1. The topological polar surface area (TPSA) is 82.1 Å². The monoisotopic (exact) mass is 395 g/mol. The molecule has 27 heavy (non-hydrogen) atoms. The average Bonchev–Trinajstić information content (AvgIpc) is 2.69. The summed E-state index contributed by atoms with van der Waals surface area (Å²) < 4.78 is 56.0. The molecule has 2 aromatic carbocycles. The highest BCUT2D eigenvalue weighted by atomic mass is 32.2. The molecule has 7 nitrogen and oxygen atoms in total. The van der Waals surface area contributed by atoms with E-state index in [0.29, 0.717) is 5.75 Å². The van der Waals surface area contributed by atoms with Crippen molar-refractivity contribution in [1.29, 1.82) is 0 Å². The van der Waals surface area contributed by atoms with Gasteiger partial charge < -0.3 is 14.2 Å². The molecule has 0 spiro atoms. The van der Waals surface area contributed by atoms with Gasteiger partial charge in [-0.2, -0.15) is 4.31 Å². The molecule has 0 saturated carbocycles. The van der Waals surface area contributed by atoms with Crippen LogP contribution in [0.5, 0.6) is 11.5 Å². The van der Waals surface area contributed by atoms with E-state index in [9.17, 15) is 17.6 Å². The van der Waals surface area contributed by atoms with Gasteiger partial charge >= 0.3 is 5.97 Å². The minimum Gasteiger partial charge on any atom is -0.497 e. The maximum Gasteiger partial charge on any atom is 0.343 e. The average molecular weight is 395 g/mol. The van der Waals surface area contributed by atoms with Gasteiger partial charge in [0.2, 0.25) is 10.0 Å². The van der Waals surface area contributed by atoms with E-state index in [4.69, 9.17) is 14.2 Å². The first-order valence-electron chi connectivity index (χ1n) is 8.15. The van der Waals surface area contributed by atoms with Gasteiger partial charge in [0.25, 0.3) is 0 Å². The molecular formula is C18H18FNO6S. The van der Waals surface area contributed by atoms with Gasteiger partial charge in [-0.15, -0.1) is 0 Å². The van der Waals surface area contributed by atoms with Crippen LogP contribution in [-0.2, 0) is 14.8 Å². The molecule has 144 valence electrons. The third-order valence-corrected chi connectivity index (χ3v) is 5.94. The van der Waals surface area contributed by atoms with Gasteiger partial charge in [0.15, 0.2) is 0 Å². The number of methoxy groups -OCH3 is 1. The van der Waals surface area contributed by atoms with Gasteiger partial charge in [-0.25, -0.2) is 17.6 Å². The van der Waals surface area contributed by atoms with Crippen LogP contribution >= 0.6 is 0 Å². The molecule has 1 aliphatic heterocycles. The first-order valence-corrected chi connectivity index (χ1v) is 9.59. The molecule has 0 aliphatic carbocycles. The summed E-state index contributed by atoms with van der Waals surface area (Å²) in [6.07, 6.45) is 0. The van der Waals surface area contributed by atoms with Crippen molar-refractivity contribution >= 4 is 16.0 Å². The standard InChI is InChI=1S/C18H18FNO6S/c1-24-14-3-5-15(6-4-14)26-18(21)13-2-7-16(19)17(12-13)27(22,23)20-8-10-25-11-9-20/h2-7,12H,8-11H2,1H3. The van der Waals surface area contributed by atoms with Crippen LogP contribution in [0.3, 0.4) is 0 Å². The molecule has 1 aliphatic rings. The molecule has 1 fully saturated rings. The number of morpholine rings is 1. The Labute approximate surface area is 156 Å². The third kappa shape index (κ3) is 4.26. The van der Waals surface area contributed by atoms with Gasteiger partial charge in [-0.3, -0.25) is 0 Å². The number of sulfonamides is 1. The number of benzene rings is 2. The molecule has 0 aromatic heterocycles. The Morgan fingerprint density at radius 2 is 1.70 bits per heavy atom. The van der Waals surface area contributed by atoms with Crippen LogP contribution in [0.25, 0.3) is 0 Å². The Bertz CT molecular complexity index is 923. The van der Waals surface area contributed by atoms with Gasteiger partial charge in [0, 0.05) is 13.1 Å². The summed E-state index contributed by atoms with van der Waals surface area (Å²) in [6.45, 7) is 0.727. The molecule has 0 atom stereocenters. The SMILES string of the molecule is COc1ccc(OC(=O)c2ccc(F)c(S(=O)(=O)N3CCOCC3)c2)cc1. The van der Waals surface area contributed by atoms with E-state index in [2.05, 4.69) is 0 Å². The molecule has 9 heteroatoms. The summed E-state index contributed by atoms with van der Waals surface area (Å²) in [5.41, 5.74) is -0.0703. The van der Waals surface area contributed by atoms with Crippen LogP contribution in [0.2, 0.25) is 0 Å². The molecule has 0 bridgehead atoms. The van der Waals surface area contributed by atoms with E-state index in [-0.39, 0.29) is 37.6 Å². The summed E-state index contributed by atoms with van der Waals surface area (Å²) in [6, 6.07) is 9.41. The molecular weight excluding hydrogens is 377 g/mol. The first kappa shape index (κ1) is 19.3. The summed E-state index contributed by atoms with van der Waals surface area (Å²) in [5.74, 6) is -0.876. The van der Waals surface area contributed by atoms with Crippen LogP contribution in [-0.4, -0.2) is 52.1 Å². The number of ether oxygens (including phenoxy) is 3. The minimum atomic E-state index is -4.08. The summed E-state index contributed by atoms with van der Waals surface area (Å²) in [4.78, 5) is 11.8. The van der Waals surface area contributed by atoms with Crippen molar-refractivity contribution in [3.63, 3.8) is 0 Å². The highest BCUT2D eigenvalue weighted by Gasteiger charge is 2.30. The Hall–Kier alpha value is -2.49. The van der Waals surface area contributed by atoms with Crippen LogP contribution < -0.4 is 9.47 Å². The lowest BCUT2D eigenvalue weighted by Gasteiger charge is -2.26. The zero-order chi connectivity index (χ0) is 19.4. The number of rotatable bonds is 5. The van der Waals surface area contributed by atoms with Crippen molar-refractivity contribution in [2.75, 3.05) is 33.4 Å². The number of halogens is 1. The number of hydrogen-bond acceptors (Lipinski definition) is 6. The van der Waals surface area contributed by atoms with Crippen molar-refractivity contribution in [3.05, 3.63) is 53.8 Å². The van der Waals surface area contributed by atoms with Gasteiger partial charge in [0.05, 0.1) is 25.9 Å². The predicted molar refractivity (Wildman–Crippen MR) is 93.9 cm³/mol. The number of carbonyl (C=O) groups is 1. The first-order chi connectivity index (χ1) is 12.9. The van der Waals surface area contributed by atoms with Crippen molar-refractivity contribution < 1.29 is 31.8 Å². The molecule has 0 amide bonds. The predicted octanol–water partition coefficient (Wildman–Crippen LogP) is 2.07. The Morgan fingerprint density at radius 3 is 2.33 bits per heavy atom. The summed E-state index contributed by atoms with van der Waals surface area (Å²) >= 11 is 0. The van der Waals surface area contributed by atoms with Gasteiger partial charge in [-0.1, -0.05) is 0 Å². The van der Waals surface area contributed by atoms with Crippen LogP contribution in [0.4, 0.5) is 4.39 Å².